The van der Waals surface area contributed by atoms with E-state index in [9.17, 15) is 4.79 Å². The smallest absolute Gasteiger partial charge is 0.222 e. The zero-order valence-electron chi connectivity index (χ0n) is 11.8. The van der Waals surface area contributed by atoms with Gasteiger partial charge in [-0.2, -0.15) is 0 Å². The molecule has 0 spiro atoms. The first-order chi connectivity index (χ1) is 8.69. The van der Waals surface area contributed by atoms with Gasteiger partial charge in [-0.05, 0) is 26.1 Å². The fourth-order valence-corrected chi connectivity index (χ4v) is 1.78. The predicted octanol–water partition coefficient (Wildman–Crippen LogP) is 2.07. The Balaban J connectivity index is 0.00000324. The SMILES string of the molecule is CNCCCC(=O)N(C)Cc1ccccc1OC.Cl. The largest absolute Gasteiger partial charge is 0.496 e. The Morgan fingerprint density at radius 1 is 1.37 bits per heavy atom. The van der Waals surface area contributed by atoms with Crippen molar-refractivity contribution in [3.05, 3.63) is 29.8 Å². The third-order valence-electron chi connectivity index (χ3n) is 2.84. The van der Waals surface area contributed by atoms with Crippen molar-refractivity contribution in [3.63, 3.8) is 0 Å². The van der Waals surface area contributed by atoms with Gasteiger partial charge in [-0.3, -0.25) is 4.79 Å². The van der Waals surface area contributed by atoms with Crippen LogP contribution in [0.25, 0.3) is 0 Å². The highest BCUT2D eigenvalue weighted by Gasteiger charge is 2.11. The molecule has 0 atom stereocenters. The summed E-state index contributed by atoms with van der Waals surface area (Å²) in [6, 6.07) is 7.78. The molecular weight excluding hydrogens is 264 g/mol. The minimum Gasteiger partial charge on any atom is -0.496 e. The number of para-hydroxylation sites is 1. The molecule has 0 radical (unpaired) electrons. The molecule has 0 aliphatic rings. The molecule has 0 heterocycles. The molecule has 0 aliphatic heterocycles. The summed E-state index contributed by atoms with van der Waals surface area (Å²) in [5.41, 5.74) is 1.03. The molecule has 0 aliphatic carbocycles. The van der Waals surface area contributed by atoms with Gasteiger partial charge in [0.25, 0.3) is 0 Å². The van der Waals surface area contributed by atoms with Crippen LogP contribution in [0.4, 0.5) is 0 Å². The van der Waals surface area contributed by atoms with Crippen LogP contribution in [0, 0.1) is 0 Å². The van der Waals surface area contributed by atoms with E-state index in [2.05, 4.69) is 5.32 Å². The Kier molecular flexibility index (Phi) is 9.00. The fourth-order valence-electron chi connectivity index (χ4n) is 1.78. The molecule has 1 rings (SSSR count). The van der Waals surface area contributed by atoms with Crippen LogP contribution < -0.4 is 10.1 Å². The number of nitrogens with zero attached hydrogens (tertiary/aromatic N) is 1. The maximum atomic E-state index is 11.9. The van der Waals surface area contributed by atoms with E-state index >= 15 is 0 Å². The monoisotopic (exact) mass is 286 g/mol. The van der Waals surface area contributed by atoms with E-state index in [-0.39, 0.29) is 18.3 Å². The third-order valence-corrected chi connectivity index (χ3v) is 2.84. The Morgan fingerprint density at radius 3 is 2.68 bits per heavy atom. The maximum absolute atomic E-state index is 11.9. The first kappa shape index (κ1) is 17.7. The number of hydrogen-bond donors (Lipinski definition) is 1. The molecule has 0 unspecified atom stereocenters. The zero-order valence-corrected chi connectivity index (χ0v) is 12.6. The van der Waals surface area contributed by atoms with Gasteiger partial charge in [0.2, 0.25) is 5.91 Å². The molecule has 1 aromatic carbocycles. The molecule has 0 bridgehead atoms. The minimum absolute atomic E-state index is 0. The number of amides is 1. The maximum Gasteiger partial charge on any atom is 0.222 e. The van der Waals surface area contributed by atoms with Crippen molar-refractivity contribution in [2.45, 2.75) is 19.4 Å². The van der Waals surface area contributed by atoms with Crippen molar-refractivity contribution < 1.29 is 9.53 Å². The highest BCUT2D eigenvalue weighted by molar-refractivity contribution is 5.85. The lowest BCUT2D eigenvalue weighted by Crippen LogP contribution is -2.26. The van der Waals surface area contributed by atoms with Gasteiger partial charge in [0.05, 0.1) is 7.11 Å². The number of carbonyl (C=O) groups is 1. The molecule has 4 nitrogen and oxygen atoms in total. The van der Waals surface area contributed by atoms with Crippen molar-refractivity contribution >= 4 is 18.3 Å². The summed E-state index contributed by atoms with van der Waals surface area (Å²) in [4.78, 5) is 13.6. The second-order valence-corrected chi connectivity index (χ2v) is 4.27. The van der Waals surface area contributed by atoms with Crippen molar-refractivity contribution in [1.29, 1.82) is 0 Å². The number of nitrogens with one attached hydrogen (secondary N) is 1. The summed E-state index contributed by atoms with van der Waals surface area (Å²) in [6.07, 6.45) is 1.44. The lowest BCUT2D eigenvalue weighted by molar-refractivity contribution is -0.130. The van der Waals surface area contributed by atoms with Crippen LogP contribution in [-0.2, 0) is 11.3 Å². The molecule has 108 valence electrons. The Bertz CT molecular complexity index is 385. The van der Waals surface area contributed by atoms with Gasteiger partial charge in [0.15, 0.2) is 0 Å². The standard InChI is InChI=1S/C14H22N2O2.ClH/c1-15-10-6-9-14(17)16(2)11-12-7-4-5-8-13(12)18-3;/h4-5,7-8,15H,6,9-11H2,1-3H3;1H. The van der Waals surface area contributed by atoms with Gasteiger partial charge in [0.1, 0.15) is 5.75 Å². The van der Waals surface area contributed by atoms with E-state index in [1.807, 2.05) is 38.4 Å². The van der Waals surface area contributed by atoms with Crippen LogP contribution >= 0.6 is 12.4 Å². The van der Waals surface area contributed by atoms with Crippen molar-refractivity contribution in [2.75, 3.05) is 27.7 Å². The molecule has 5 heteroatoms. The van der Waals surface area contributed by atoms with E-state index in [4.69, 9.17) is 4.74 Å². The van der Waals surface area contributed by atoms with Gasteiger partial charge < -0.3 is 15.0 Å². The summed E-state index contributed by atoms with van der Waals surface area (Å²) < 4.78 is 5.28. The number of benzene rings is 1. The van der Waals surface area contributed by atoms with Crippen LogP contribution in [0.15, 0.2) is 24.3 Å². The molecule has 0 fully saturated rings. The molecule has 19 heavy (non-hydrogen) atoms. The summed E-state index contributed by atoms with van der Waals surface area (Å²) in [6.45, 7) is 1.45. The van der Waals surface area contributed by atoms with Gasteiger partial charge in [0, 0.05) is 25.6 Å². The lowest BCUT2D eigenvalue weighted by atomic mass is 10.2. The number of methoxy groups -OCH3 is 1. The molecule has 0 aromatic heterocycles. The fraction of sp³-hybridized carbons (Fsp3) is 0.500. The minimum atomic E-state index is 0. The number of ether oxygens (including phenoxy) is 1. The molecule has 0 saturated carbocycles. The average Bonchev–Trinajstić information content (AvgIpc) is 2.39. The van der Waals surface area contributed by atoms with Gasteiger partial charge in [-0.1, -0.05) is 18.2 Å². The Labute approximate surface area is 121 Å². The first-order valence-corrected chi connectivity index (χ1v) is 6.19. The second kappa shape index (κ2) is 9.64. The van der Waals surface area contributed by atoms with Gasteiger partial charge >= 0.3 is 0 Å². The first-order valence-electron chi connectivity index (χ1n) is 6.19. The molecular formula is C14H23ClN2O2. The highest BCUT2D eigenvalue weighted by atomic mass is 35.5. The average molecular weight is 287 g/mol. The van der Waals surface area contributed by atoms with E-state index < -0.39 is 0 Å². The quantitative estimate of drug-likeness (QED) is 0.780. The zero-order chi connectivity index (χ0) is 13.4. The highest BCUT2D eigenvalue weighted by Crippen LogP contribution is 2.18. The van der Waals surface area contributed by atoms with E-state index in [1.54, 1.807) is 12.0 Å². The van der Waals surface area contributed by atoms with Crippen LogP contribution in [0.3, 0.4) is 0 Å². The van der Waals surface area contributed by atoms with E-state index in [0.29, 0.717) is 13.0 Å². The van der Waals surface area contributed by atoms with Gasteiger partial charge in [-0.15, -0.1) is 12.4 Å². The number of carbonyl (C=O) groups excluding carboxylic acids is 1. The van der Waals surface area contributed by atoms with Crippen molar-refractivity contribution in [1.82, 2.24) is 10.2 Å². The summed E-state index contributed by atoms with van der Waals surface area (Å²) >= 11 is 0. The third kappa shape index (κ3) is 5.94. The summed E-state index contributed by atoms with van der Waals surface area (Å²) in [7, 11) is 5.37. The lowest BCUT2D eigenvalue weighted by Gasteiger charge is -2.18. The van der Waals surface area contributed by atoms with Crippen molar-refractivity contribution in [3.8, 4) is 5.75 Å². The normalized spacial score (nSPS) is 9.63. The molecule has 0 saturated heterocycles. The van der Waals surface area contributed by atoms with Crippen molar-refractivity contribution in [2.24, 2.45) is 0 Å². The molecule has 1 amide bonds. The second-order valence-electron chi connectivity index (χ2n) is 4.27. The molecule has 1 aromatic rings. The number of halogens is 1. The summed E-state index contributed by atoms with van der Waals surface area (Å²) in [5.74, 6) is 0.989. The van der Waals surface area contributed by atoms with E-state index in [0.717, 1.165) is 24.3 Å². The topological polar surface area (TPSA) is 41.6 Å². The van der Waals surface area contributed by atoms with Crippen LogP contribution in [0.5, 0.6) is 5.75 Å². The number of hydrogen-bond acceptors (Lipinski definition) is 3. The van der Waals surface area contributed by atoms with Crippen LogP contribution in [-0.4, -0.2) is 38.6 Å². The number of rotatable bonds is 7. The predicted molar refractivity (Wildman–Crippen MR) is 79.9 cm³/mol. The molecule has 1 N–H and O–H groups in total. The van der Waals surface area contributed by atoms with Gasteiger partial charge in [-0.25, -0.2) is 0 Å². The van der Waals surface area contributed by atoms with Crippen LogP contribution in [0.1, 0.15) is 18.4 Å². The Morgan fingerprint density at radius 2 is 2.05 bits per heavy atom. The van der Waals surface area contributed by atoms with Crippen LogP contribution in [0.2, 0.25) is 0 Å². The summed E-state index contributed by atoms with van der Waals surface area (Å²) in [5, 5.41) is 3.04. The van der Waals surface area contributed by atoms with E-state index in [1.165, 1.54) is 0 Å². The Hall–Kier alpha value is -1.26.